The monoisotopic (exact) mass is 215 g/mol. The van der Waals surface area contributed by atoms with E-state index in [9.17, 15) is 0 Å². The number of hydrogen-bond acceptors (Lipinski definition) is 4. The zero-order valence-electron chi connectivity index (χ0n) is 4.78. The molecule has 0 bridgehead atoms. The van der Waals surface area contributed by atoms with Crippen LogP contribution in [-0.4, -0.2) is 14.3 Å². The van der Waals surface area contributed by atoms with Gasteiger partial charge in [-0.05, 0) is 27.5 Å². The third-order valence-corrected chi connectivity index (χ3v) is 2.17. The maximum Gasteiger partial charge on any atom is 0.197 e. The number of fused-ring (bicyclic) bond motifs is 1. The van der Waals surface area contributed by atoms with Gasteiger partial charge in [-0.2, -0.15) is 4.37 Å². The summed E-state index contributed by atoms with van der Waals surface area (Å²) in [6.45, 7) is 0. The van der Waals surface area contributed by atoms with Gasteiger partial charge in [0.25, 0.3) is 0 Å². The second-order valence-corrected chi connectivity index (χ2v) is 3.21. The number of aromatic nitrogens is 3. The predicted molar refractivity (Wildman–Crippen MR) is 42.9 cm³/mol. The quantitative estimate of drug-likeness (QED) is 0.630. The summed E-state index contributed by atoms with van der Waals surface area (Å²) in [5, 5.41) is 0.994. The summed E-state index contributed by atoms with van der Waals surface area (Å²) < 4.78 is 4.58. The Morgan fingerprint density at radius 1 is 1.40 bits per heavy atom. The van der Waals surface area contributed by atoms with Gasteiger partial charge in [-0.3, -0.25) is 0 Å². The van der Waals surface area contributed by atoms with E-state index in [1.54, 1.807) is 12.4 Å². The average Bonchev–Trinajstić information content (AvgIpc) is 2.33. The highest BCUT2D eigenvalue weighted by atomic mass is 79.9. The van der Waals surface area contributed by atoms with E-state index < -0.39 is 0 Å². The Hall–Kier alpha value is -0.550. The summed E-state index contributed by atoms with van der Waals surface area (Å²) in [7, 11) is 0. The van der Waals surface area contributed by atoms with Crippen LogP contribution < -0.4 is 0 Å². The highest BCUT2D eigenvalue weighted by Crippen LogP contribution is 2.15. The molecule has 0 saturated carbocycles. The molecule has 2 aromatic heterocycles. The van der Waals surface area contributed by atoms with E-state index in [-0.39, 0.29) is 0 Å². The minimum atomic E-state index is 0.615. The first kappa shape index (κ1) is 6.18. The lowest BCUT2D eigenvalue weighted by Crippen LogP contribution is -1.77. The van der Waals surface area contributed by atoms with Crippen molar-refractivity contribution in [3.05, 3.63) is 17.1 Å². The molecule has 2 rings (SSSR count). The van der Waals surface area contributed by atoms with Crippen LogP contribution in [0.25, 0.3) is 10.2 Å². The standard InChI is InChI=1S/C5H2BrN3S/c6-5-7-1-3-2-8-10-4(3)9-5/h1-2H. The third kappa shape index (κ3) is 0.911. The van der Waals surface area contributed by atoms with Crippen molar-refractivity contribution in [1.29, 1.82) is 0 Å². The average molecular weight is 216 g/mol. The van der Waals surface area contributed by atoms with Crippen molar-refractivity contribution < 1.29 is 0 Å². The lowest BCUT2D eigenvalue weighted by molar-refractivity contribution is 1.17. The molecular weight excluding hydrogens is 214 g/mol. The Bertz CT molecular complexity index is 358. The van der Waals surface area contributed by atoms with E-state index in [1.165, 1.54) is 11.5 Å². The molecule has 5 heteroatoms. The molecule has 10 heavy (non-hydrogen) atoms. The van der Waals surface area contributed by atoms with Crippen LogP contribution in [0.4, 0.5) is 0 Å². The molecular formula is C5H2BrN3S. The number of nitrogens with zero attached hydrogens (tertiary/aromatic N) is 3. The molecule has 0 aromatic carbocycles. The topological polar surface area (TPSA) is 38.7 Å². The zero-order valence-corrected chi connectivity index (χ0v) is 7.19. The van der Waals surface area contributed by atoms with Crippen LogP contribution in [-0.2, 0) is 0 Å². The zero-order chi connectivity index (χ0) is 6.97. The molecule has 2 aromatic rings. The fourth-order valence-electron chi connectivity index (χ4n) is 0.650. The summed E-state index contributed by atoms with van der Waals surface area (Å²) in [5.41, 5.74) is 0. The van der Waals surface area contributed by atoms with Gasteiger partial charge in [-0.1, -0.05) is 0 Å². The third-order valence-electron chi connectivity index (χ3n) is 1.08. The van der Waals surface area contributed by atoms with Crippen LogP contribution in [0.15, 0.2) is 17.1 Å². The Labute approximate surface area is 69.4 Å². The first-order valence-corrected chi connectivity index (χ1v) is 4.16. The minimum Gasteiger partial charge on any atom is -0.230 e. The van der Waals surface area contributed by atoms with Gasteiger partial charge in [0.1, 0.15) is 4.83 Å². The van der Waals surface area contributed by atoms with Gasteiger partial charge in [-0.25, -0.2) is 9.97 Å². The molecule has 0 N–H and O–H groups in total. The normalized spacial score (nSPS) is 10.5. The van der Waals surface area contributed by atoms with Crippen LogP contribution >= 0.6 is 27.5 Å². The fourth-order valence-corrected chi connectivity index (χ4v) is 1.65. The van der Waals surface area contributed by atoms with E-state index in [2.05, 4.69) is 30.3 Å². The molecule has 0 radical (unpaired) electrons. The summed E-state index contributed by atoms with van der Waals surface area (Å²) in [6, 6.07) is 0. The van der Waals surface area contributed by atoms with Crippen molar-refractivity contribution >= 4 is 37.7 Å². The largest absolute Gasteiger partial charge is 0.230 e. The number of rotatable bonds is 0. The summed E-state index contributed by atoms with van der Waals surface area (Å²) in [4.78, 5) is 8.97. The van der Waals surface area contributed by atoms with Crippen LogP contribution in [0.2, 0.25) is 0 Å². The van der Waals surface area contributed by atoms with E-state index in [1.807, 2.05) is 0 Å². The molecule has 0 amide bonds. The van der Waals surface area contributed by atoms with Crippen molar-refractivity contribution in [3.63, 3.8) is 0 Å². The Balaban J connectivity index is 2.86. The number of hydrogen-bond donors (Lipinski definition) is 0. The Kier molecular flexibility index (Phi) is 1.39. The molecule has 0 spiro atoms. The molecule has 0 atom stereocenters. The van der Waals surface area contributed by atoms with Gasteiger partial charge in [0.05, 0.1) is 6.20 Å². The first-order chi connectivity index (χ1) is 4.86. The summed E-state index contributed by atoms with van der Waals surface area (Å²) >= 11 is 4.54. The Morgan fingerprint density at radius 2 is 2.30 bits per heavy atom. The van der Waals surface area contributed by atoms with Gasteiger partial charge in [0.2, 0.25) is 0 Å². The van der Waals surface area contributed by atoms with Gasteiger partial charge >= 0.3 is 0 Å². The van der Waals surface area contributed by atoms with Crippen molar-refractivity contribution in [2.24, 2.45) is 0 Å². The summed E-state index contributed by atoms with van der Waals surface area (Å²) in [6.07, 6.45) is 3.50. The molecule has 3 nitrogen and oxygen atoms in total. The van der Waals surface area contributed by atoms with Crippen molar-refractivity contribution in [2.75, 3.05) is 0 Å². The second-order valence-electron chi connectivity index (χ2n) is 1.73. The second kappa shape index (κ2) is 2.25. The highest BCUT2D eigenvalue weighted by molar-refractivity contribution is 9.10. The predicted octanol–water partition coefficient (Wildman–Crippen LogP) is 1.85. The fraction of sp³-hybridized carbons (Fsp3) is 0. The smallest absolute Gasteiger partial charge is 0.197 e. The molecule has 50 valence electrons. The minimum absolute atomic E-state index is 0.615. The maximum absolute atomic E-state index is 4.10. The lowest BCUT2D eigenvalue weighted by atomic mass is 10.5. The molecule has 0 aliphatic rings. The van der Waals surface area contributed by atoms with Gasteiger partial charge in [0, 0.05) is 11.6 Å². The van der Waals surface area contributed by atoms with E-state index in [4.69, 9.17) is 0 Å². The van der Waals surface area contributed by atoms with Crippen LogP contribution in [0.3, 0.4) is 0 Å². The molecule has 0 fully saturated rings. The first-order valence-electron chi connectivity index (χ1n) is 2.59. The summed E-state index contributed by atoms with van der Waals surface area (Å²) in [5.74, 6) is 0. The van der Waals surface area contributed by atoms with Gasteiger partial charge < -0.3 is 0 Å². The Morgan fingerprint density at radius 3 is 3.20 bits per heavy atom. The molecule has 0 unspecified atom stereocenters. The molecule has 0 saturated heterocycles. The van der Waals surface area contributed by atoms with Crippen molar-refractivity contribution in [3.8, 4) is 0 Å². The van der Waals surface area contributed by atoms with Gasteiger partial charge in [0.15, 0.2) is 4.73 Å². The number of halogens is 1. The van der Waals surface area contributed by atoms with E-state index >= 15 is 0 Å². The van der Waals surface area contributed by atoms with E-state index in [0.29, 0.717) is 4.73 Å². The highest BCUT2D eigenvalue weighted by Gasteiger charge is 1.97. The van der Waals surface area contributed by atoms with Crippen LogP contribution in [0.1, 0.15) is 0 Å². The molecule has 2 heterocycles. The molecule has 0 aliphatic heterocycles. The lowest BCUT2D eigenvalue weighted by Gasteiger charge is -1.85. The van der Waals surface area contributed by atoms with Crippen LogP contribution in [0, 0.1) is 0 Å². The maximum atomic E-state index is 4.10. The van der Waals surface area contributed by atoms with E-state index in [0.717, 1.165) is 10.2 Å². The SMILES string of the molecule is Brc1ncc2cnsc2n1. The van der Waals surface area contributed by atoms with Crippen molar-refractivity contribution in [2.45, 2.75) is 0 Å². The van der Waals surface area contributed by atoms with Gasteiger partial charge in [-0.15, -0.1) is 0 Å². The van der Waals surface area contributed by atoms with Crippen LogP contribution in [0.5, 0.6) is 0 Å². The van der Waals surface area contributed by atoms with Crippen molar-refractivity contribution in [1.82, 2.24) is 14.3 Å². The molecule has 0 aliphatic carbocycles.